The van der Waals surface area contributed by atoms with Gasteiger partial charge < -0.3 is 0 Å². The van der Waals surface area contributed by atoms with Crippen molar-refractivity contribution in [1.29, 1.82) is 0 Å². The zero-order valence-corrected chi connectivity index (χ0v) is 13.6. The van der Waals surface area contributed by atoms with Crippen LogP contribution in [0.4, 0.5) is 4.39 Å². The van der Waals surface area contributed by atoms with Crippen molar-refractivity contribution in [1.82, 2.24) is 4.90 Å². The van der Waals surface area contributed by atoms with Gasteiger partial charge in [0.25, 0.3) is 0 Å². The van der Waals surface area contributed by atoms with E-state index in [-0.39, 0.29) is 18.0 Å². The van der Waals surface area contributed by atoms with E-state index in [1.165, 1.54) is 12.1 Å². The van der Waals surface area contributed by atoms with Crippen LogP contribution in [0.1, 0.15) is 33.3 Å². The Morgan fingerprint density at radius 2 is 1.84 bits per heavy atom. The fourth-order valence-electron chi connectivity index (χ4n) is 2.31. The molecule has 0 saturated heterocycles. The standard InChI is InChI=1S/C15H21BrFNO/c1-5-18(6-2)15(3,4)14(19)9-11-7-12(16)10-13(17)8-11/h7-8,10H,5-6,9H2,1-4H3. The van der Waals surface area contributed by atoms with E-state index in [4.69, 9.17) is 0 Å². The van der Waals surface area contributed by atoms with Crippen molar-refractivity contribution in [3.8, 4) is 0 Å². The molecule has 1 aromatic carbocycles. The molecule has 0 aliphatic heterocycles. The van der Waals surface area contributed by atoms with Gasteiger partial charge in [0.1, 0.15) is 5.82 Å². The molecule has 0 atom stereocenters. The normalized spacial score (nSPS) is 11.9. The molecular formula is C15H21BrFNO. The van der Waals surface area contributed by atoms with Gasteiger partial charge in [-0.1, -0.05) is 29.8 Å². The van der Waals surface area contributed by atoms with Crippen molar-refractivity contribution in [2.24, 2.45) is 0 Å². The van der Waals surface area contributed by atoms with Crippen LogP contribution in [0.15, 0.2) is 22.7 Å². The fourth-order valence-corrected chi connectivity index (χ4v) is 2.82. The molecule has 0 aliphatic carbocycles. The van der Waals surface area contributed by atoms with E-state index < -0.39 is 5.54 Å². The summed E-state index contributed by atoms with van der Waals surface area (Å²) >= 11 is 3.25. The zero-order chi connectivity index (χ0) is 14.6. The maximum atomic E-state index is 13.3. The van der Waals surface area contributed by atoms with Gasteiger partial charge >= 0.3 is 0 Å². The average molecular weight is 330 g/mol. The third kappa shape index (κ3) is 4.11. The molecule has 0 spiro atoms. The zero-order valence-electron chi connectivity index (χ0n) is 12.0. The summed E-state index contributed by atoms with van der Waals surface area (Å²) in [6.45, 7) is 9.58. The molecule has 0 N–H and O–H groups in total. The van der Waals surface area contributed by atoms with E-state index in [2.05, 4.69) is 20.8 Å². The van der Waals surface area contributed by atoms with Crippen LogP contribution < -0.4 is 0 Å². The summed E-state index contributed by atoms with van der Waals surface area (Å²) in [7, 11) is 0. The smallest absolute Gasteiger partial charge is 0.156 e. The first kappa shape index (κ1) is 16.3. The van der Waals surface area contributed by atoms with Gasteiger partial charge in [-0.15, -0.1) is 0 Å². The van der Waals surface area contributed by atoms with Crippen LogP contribution >= 0.6 is 15.9 Å². The number of halogens is 2. The summed E-state index contributed by atoms with van der Waals surface area (Å²) in [5.74, 6) is -0.216. The monoisotopic (exact) mass is 329 g/mol. The number of Topliss-reactive ketones (excluding diaryl/α,β-unsaturated/α-hetero) is 1. The fraction of sp³-hybridized carbons (Fsp3) is 0.533. The van der Waals surface area contributed by atoms with Crippen molar-refractivity contribution in [2.45, 2.75) is 39.7 Å². The highest BCUT2D eigenvalue weighted by Crippen LogP contribution is 2.20. The first-order chi connectivity index (χ1) is 8.81. The Balaban J connectivity index is 2.89. The van der Waals surface area contributed by atoms with Gasteiger partial charge in [0.15, 0.2) is 5.78 Å². The number of carbonyl (C=O) groups is 1. The molecule has 0 bridgehead atoms. The third-order valence-corrected chi connectivity index (χ3v) is 3.98. The van der Waals surface area contributed by atoms with Crippen LogP contribution in [0.2, 0.25) is 0 Å². The molecule has 1 rings (SSSR count). The summed E-state index contributed by atoms with van der Waals surface area (Å²) in [4.78, 5) is 14.6. The molecule has 0 aromatic heterocycles. The number of carbonyl (C=O) groups excluding carboxylic acids is 1. The minimum absolute atomic E-state index is 0.105. The Bertz CT molecular complexity index is 435. The lowest BCUT2D eigenvalue weighted by molar-refractivity contribution is -0.128. The van der Waals surface area contributed by atoms with Crippen LogP contribution in [0.25, 0.3) is 0 Å². The predicted molar refractivity (Wildman–Crippen MR) is 79.8 cm³/mol. The van der Waals surface area contributed by atoms with Crippen LogP contribution in [0.3, 0.4) is 0 Å². The van der Waals surface area contributed by atoms with E-state index in [1.807, 2.05) is 27.7 Å². The van der Waals surface area contributed by atoms with Gasteiger partial charge in [-0.3, -0.25) is 9.69 Å². The lowest BCUT2D eigenvalue weighted by Crippen LogP contribution is -2.50. The molecule has 0 radical (unpaired) electrons. The van der Waals surface area contributed by atoms with Crippen LogP contribution in [0, 0.1) is 5.82 Å². The number of ketones is 1. The van der Waals surface area contributed by atoms with Crippen LogP contribution in [-0.2, 0) is 11.2 Å². The first-order valence-electron chi connectivity index (χ1n) is 6.54. The van der Waals surface area contributed by atoms with Gasteiger partial charge in [-0.25, -0.2) is 4.39 Å². The maximum Gasteiger partial charge on any atom is 0.156 e. The highest BCUT2D eigenvalue weighted by atomic mass is 79.9. The second-order valence-corrected chi connectivity index (χ2v) is 6.02. The predicted octanol–water partition coefficient (Wildman–Crippen LogP) is 3.82. The first-order valence-corrected chi connectivity index (χ1v) is 7.33. The molecular weight excluding hydrogens is 309 g/mol. The molecule has 0 fully saturated rings. The van der Waals surface area contributed by atoms with Gasteiger partial charge in [0.2, 0.25) is 0 Å². The molecule has 19 heavy (non-hydrogen) atoms. The second kappa shape index (κ2) is 6.62. The number of likely N-dealkylation sites (N-methyl/N-ethyl adjacent to an activating group) is 1. The average Bonchev–Trinajstić information content (AvgIpc) is 2.28. The number of rotatable bonds is 6. The van der Waals surface area contributed by atoms with E-state index in [0.717, 1.165) is 13.1 Å². The third-order valence-electron chi connectivity index (χ3n) is 3.52. The maximum absolute atomic E-state index is 13.3. The second-order valence-electron chi connectivity index (χ2n) is 5.11. The van der Waals surface area contributed by atoms with E-state index in [1.54, 1.807) is 6.07 Å². The van der Waals surface area contributed by atoms with Gasteiger partial charge in [-0.05, 0) is 50.7 Å². The minimum atomic E-state index is -0.526. The van der Waals surface area contributed by atoms with E-state index in [0.29, 0.717) is 10.0 Å². The summed E-state index contributed by atoms with van der Waals surface area (Å²) < 4.78 is 14.0. The van der Waals surface area contributed by atoms with Gasteiger partial charge in [-0.2, -0.15) is 0 Å². The lowest BCUT2D eigenvalue weighted by Gasteiger charge is -2.35. The molecule has 0 unspecified atom stereocenters. The molecule has 2 nitrogen and oxygen atoms in total. The van der Waals surface area contributed by atoms with Gasteiger partial charge in [0, 0.05) is 10.9 Å². The quantitative estimate of drug-likeness (QED) is 0.790. The highest BCUT2D eigenvalue weighted by Gasteiger charge is 2.32. The Morgan fingerprint density at radius 1 is 1.26 bits per heavy atom. The van der Waals surface area contributed by atoms with Crippen molar-refractivity contribution in [2.75, 3.05) is 13.1 Å². The number of hydrogen-bond donors (Lipinski definition) is 0. The van der Waals surface area contributed by atoms with Gasteiger partial charge in [0.05, 0.1) is 5.54 Å². The largest absolute Gasteiger partial charge is 0.297 e. The van der Waals surface area contributed by atoms with E-state index in [9.17, 15) is 9.18 Å². The Kier molecular flexibility index (Phi) is 5.68. The Labute approximate surface area is 123 Å². The summed E-state index contributed by atoms with van der Waals surface area (Å²) in [6, 6.07) is 4.60. The Morgan fingerprint density at radius 3 is 2.32 bits per heavy atom. The number of nitrogens with zero attached hydrogens (tertiary/aromatic N) is 1. The molecule has 1 aromatic rings. The SMILES string of the molecule is CCN(CC)C(C)(C)C(=O)Cc1cc(F)cc(Br)c1. The van der Waals surface area contributed by atoms with E-state index >= 15 is 0 Å². The highest BCUT2D eigenvalue weighted by molar-refractivity contribution is 9.10. The molecule has 0 amide bonds. The summed E-state index contributed by atoms with van der Waals surface area (Å²) in [6.07, 6.45) is 0.250. The topological polar surface area (TPSA) is 20.3 Å². The molecule has 0 heterocycles. The van der Waals surface area contributed by atoms with Crippen molar-refractivity contribution >= 4 is 21.7 Å². The minimum Gasteiger partial charge on any atom is -0.297 e. The molecule has 4 heteroatoms. The van der Waals surface area contributed by atoms with Crippen molar-refractivity contribution < 1.29 is 9.18 Å². The Hall–Kier alpha value is -0.740. The van der Waals surface area contributed by atoms with Crippen molar-refractivity contribution in [3.05, 3.63) is 34.1 Å². The summed E-state index contributed by atoms with van der Waals surface area (Å²) in [5, 5.41) is 0. The van der Waals surface area contributed by atoms with Crippen LogP contribution in [0.5, 0.6) is 0 Å². The number of hydrogen-bond acceptors (Lipinski definition) is 2. The molecule has 0 saturated carbocycles. The molecule has 0 aliphatic rings. The summed E-state index contributed by atoms with van der Waals surface area (Å²) in [5.41, 5.74) is 0.180. The lowest BCUT2D eigenvalue weighted by atomic mass is 9.91. The number of benzene rings is 1. The van der Waals surface area contributed by atoms with Crippen molar-refractivity contribution in [3.63, 3.8) is 0 Å². The molecule has 106 valence electrons. The van der Waals surface area contributed by atoms with Crippen LogP contribution in [-0.4, -0.2) is 29.3 Å².